The van der Waals surface area contributed by atoms with Crippen molar-refractivity contribution in [2.75, 3.05) is 20.1 Å². The monoisotopic (exact) mass is 256 g/mol. The molecule has 1 aromatic heterocycles. The van der Waals surface area contributed by atoms with Crippen molar-refractivity contribution in [3.05, 3.63) is 36.0 Å². The Hall–Kier alpha value is -1.49. The van der Waals surface area contributed by atoms with Crippen molar-refractivity contribution in [2.45, 2.75) is 12.6 Å². The van der Waals surface area contributed by atoms with Crippen LogP contribution in [-0.4, -0.2) is 36.2 Å². The van der Waals surface area contributed by atoms with Gasteiger partial charge < -0.3 is 4.98 Å². The largest absolute Gasteiger partial charge is 0.401 e. The summed E-state index contributed by atoms with van der Waals surface area (Å²) < 4.78 is 36.5. The van der Waals surface area contributed by atoms with Crippen LogP contribution in [0.1, 0.15) is 5.56 Å². The van der Waals surface area contributed by atoms with Crippen molar-refractivity contribution >= 4 is 10.9 Å². The highest BCUT2D eigenvalue weighted by Gasteiger charge is 2.28. The second kappa shape index (κ2) is 5.02. The van der Waals surface area contributed by atoms with E-state index >= 15 is 0 Å². The molecule has 18 heavy (non-hydrogen) atoms. The molecule has 1 aromatic carbocycles. The van der Waals surface area contributed by atoms with E-state index in [4.69, 9.17) is 0 Å². The number of nitrogens with one attached hydrogen (secondary N) is 1. The van der Waals surface area contributed by atoms with Crippen molar-refractivity contribution in [3.8, 4) is 0 Å². The first-order valence-electron chi connectivity index (χ1n) is 5.76. The average Bonchev–Trinajstić information content (AvgIpc) is 2.67. The summed E-state index contributed by atoms with van der Waals surface area (Å²) in [6, 6.07) is 7.79. The van der Waals surface area contributed by atoms with Gasteiger partial charge in [-0.1, -0.05) is 18.2 Å². The van der Waals surface area contributed by atoms with Gasteiger partial charge in [0.2, 0.25) is 0 Å². The molecule has 2 nitrogen and oxygen atoms in total. The van der Waals surface area contributed by atoms with E-state index in [-0.39, 0.29) is 0 Å². The molecule has 0 spiro atoms. The Morgan fingerprint density at radius 3 is 2.67 bits per heavy atom. The van der Waals surface area contributed by atoms with Gasteiger partial charge in [-0.2, -0.15) is 13.2 Å². The fourth-order valence-corrected chi connectivity index (χ4v) is 2.03. The van der Waals surface area contributed by atoms with Gasteiger partial charge >= 0.3 is 6.18 Å². The third kappa shape index (κ3) is 3.26. The number of H-pyrrole nitrogens is 1. The van der Waals surface area contributed by atoms with Gasteiger partial charge in [-0.3, -0.25) is 4.90 Å². The van der Waals surface area contributed by atoms with Gasteiger partial charge in [0.05, 0.1) is 6.54 Å². The van der Waals surface area contributed by atoms with Crippen LogP contribution in [-0.2, 0) is 6.42 Å². The minimum atomic E-state index is -4.13. The quantitative estimate of drug-likeness (QED) is 0.890. The fraction of sp³-hybridized carbons (Fsp3) is 0.385. The maximum Gasteiger partial charge on any atom is 0.401 e. The Balaban J connectivity index is 1.98. The number of hydrogen-bond donors (Lipinski definition) is 1. The van der Waals surface area contributed by atoms with Gasteiger partial charge in [0, 0.05) is 23.6 Å². The second-order valence-electron chi connectivity index (χ2n) is 4.46. The summed E-state index contributed by atoms with van der Waals surface area (Å²) in [6.45, 7) is -0.475. The number of likely N-dealkylation sites (N-methyl/N-ethyl adjacent to an activating group) is 1. The lowest BCUT2D eigenvalue weighted by atomic mass is 10.1. The maximum atomic E-state index is 12.2. The zero-order valence-electron chi connectivity index (χ0n) is 10.1. The second-order valence-corrected chi connectivity index (χ2v) is 4.46. The standard InChI is InChI=1S/C13H15F3N2/c1-18(9-13(14,15)16)7-6-10-8-17-12-5-3-2-4-11(10)12/h2-5,8,17H,6-7,9H2,1H3. The first-order valence-corrected chi connectivity index (χ1v) is 5.76. The summed E-state index contributed by atoms with van der Waals surface area (Å²) in [5, 5.41) is 1.08. The molecule has 1 N–H and O–H groups in total. The van der Waals surface area contributed by atoms with Crippen LogP contribution in [0.5, 0.6) is 0 Å². The molecule has 0 unspecified atom stereocenters. The Bertz CT molecular complexity index is 516. The van der Waals surface area contributed by atoms with Crippen molar-refractivity contribution in [2.24, 2.45) is 0 Å². The van der Waals surface area contributed by atoms with E-state index in [1.165, 1.54) is 11.9 Å². The topological polar surface area (TPSA) is 19.0 Å². The Morgan fingerprint density at radius 1 is 1.22 bits per heavy atom. The molecule has 0 saturated heterocycles. The van der Waals surface area contributed by atoms with Gasteiger partial charge in [0.25, 0.3) is 0 Å². The van der Waals surface area contributed by atoms with Crippen molar-refractivity contribution in [1.82, 2.24) is 9.88 Å². The highest BCUT2D eigenvalue weighted by Crippen LogP contribution is 2.19. The van der Waals surface area contributed by atoms with Crippen LogP contribution in [0.15, 0.2) is 30.5 Å². The number of halogens is 3. The molecule has 0 aliphatic carbocycles. The van der Waals surface area contributed by atoms with E-state index in [1.54, 1.807) is 0 Å². The van der Waals surface area contributed by atoms with Gasteiger partial charge in [0.15, 0.2) is 0 Å². The number of alkyl halides is 3. The molecule has 98 valence electrons. The molecule has 1 heterocycles. The highest BCUT2D eigenvalue weighted by molar-refractivity contribution is 5.83. The SMILES string of the molecule is CN(CCc1c[nH]c2ccccc12)CC(F)(F)F. The zero-order valence-corrected chi connectivity index (χ0v) is 10.1. The smallest absolute Gasteiger partial charge is 0.361 e. The van der Waals surface area contributed by atoms with E-state index in [0.29, 0.717) is 13.0 Å². The lowest BCUT2D eigenvalue weighted by Gasteiger charge is -2.18. The molecule has 5 heteroatoms. The fourth-order valence-electron chi connectivity index (χ4n) is 2.03. The number of hydrogen-bond acceptors (Lipinski definition) is 1. The first kappa shape index (κ1) is 13.0. The van der Waals surface area contributed by atoms with Crippen molar-refractivity contribution in [3.63, 3.8) is 0 Å². The third-order valence-electron chi connectivity index (χ3n) is 2.89. The molecule has 0 atom stereocenters. The zero-order chi connectivity index (χ0) is 13.2. The molecule has 2 aromatic rings. The van der Waals surface area contributed by atoms with Crippen LogP contribution < -0.4 is 0 Å². The molecular weight excluding hydrogens is 241 g/mol. The summed E-state index contributed by atoms with van der Waals surface area (Å²) in [6.07, 6.45) is -1.66. The number of rotatable bonds is 4. The molecule has 0 fully saturated rings. The van der Waals surface area contributed by atoms with Crippen LogP contribution in [0.3, 0.4) is 0 Å². The Morgan fingerprint density at radius 2 is 1.94 bits per heavy atom. The lowest BCUT2D eigenvalue weighted by Crippen LogP contribution is -2.32. The highest BCUT2D eigenvalue weighted by atomic mass is 19.4. The average molecular weight is 256 g/mol. The number of fused-ring (bicyclic) bond motifs is 1. The number of para-hydroxylation sites is 1. The third-order valence-corrected chi connectivity index (χ3v) is 2.89. The number of aromatic nitrogens is 1. The molecule has 0 aliphatic heterocycles. The summed E-state index contributed by atoms with van der Waals surface area (Å²) in [5.41, 5.74) is 2.07. The summed E-state index contributed by atoms with van der Waals surface area (Å²) in [7, 11) is 1.49. The maximum absolute atomic E-state index is 12.2. The molecular formula is C13H15F3N2. The summed E-state index contributed by atoms with van der Waals surface area (Å²) >= 11 is 0. The van der Waals surface area contributed by atoms with Gasteiger partial charge in [-0.15, -0.1) is 0 Å². The van der Waals surface area contributed by atoms with Crippen molar-refractivity contribution < 1.29 is 13.2 Å². The van der Waals surface area contributed by atoms with E-state index in [0.717, 1.165) is 16.5 Å². The first-order chi connectivity index (χ1) is 8.46. The Labute approximate surface area is 103 Å². The van der Waals surface area contributed by atoms with Gasteiger partial charge in [-0.05, 0) is 25.1 Å². The number of aromatic amines is 1. The Kier molecular flexibility index (Phi) is 3.61. The number of nitrogens with zero attached hydrogens (tertiary/aromatic N) is 1. The van der Waals surface area contributed by atoms with Crippen LogP contribution in [0.2, 0.25) is 0 Å². The van der Waals surface area contributed by atoms with Crippen LogP contribution in [0.25, 0.3) is 10.9 Å². The predicted molar refractivity (Wildman–Crippen MR) is 65.6 cm³/mol. The van der Waals surface area contributed by atoms with Crippen LogP contribution in [0, 0.1) is 0 Å². The molecule has 0 amide bonds. The minimum Gasteiger partial charge on any atom is -0.361 e. The van der Waals surface area contributed by atoms with Gasteiger partial charge in [0.1, 0.15) is 0 Å². The van der Waals surface area contributed by atoms with E-state index in [1.807, 2.05) is 30.5 Å². The van der Waals surface area contributed by atoms with E-state index in [2.05, 4.69) is 4.98 Å². The molecule has 0 bridgehead atoms. The van der Waals surface area contributed by atoms with E-state index < -0.39 is 12.7 Å². The normalized spacial score (nSPS) is 12.5. The van der Waals surface area contributed by atoms with Crippen LogP contribution >= 0.6 is 0 Å². The van der Waals surface area contributed by atoms with Crippen LogP contribution in [0.4, 0.5) is 13.2 Å². The summed E-state index contributed by atoms with van der Waals surface area (Å²) in [4.78, 5) is 4.41. The molecule has 0 saturated carbocycles. The van der Waals surface area contributed by atoms with Crippen molar-refractivity contribution in [1.29, 1.82) is 0 Å². The van der Waals surface area contributed by atoms with E-state index in [9.17, 15) is 13.2 Å². The molecule has 0 aliphatic rings. The molecule has 0 radical (unpaired) electrons. The number of benzene rings is 1. The summed E-state index contributed by atoms with van der Waals surface area (Å²) in [5.74, 6) is 0. The predicted octanol–water partition coefficient (Wildman–Crippen LogP) is 3.20. The lowest BCUT2D eigenvalue weighted by molar-refractivity contribution is -0.142. The molecule has 2 rings (SSSR count). The minimum absolute atomic E-state index is 0.390. The van der Waals surface area contributed by atoms with Gasteiger partial charge in [-0.25, -0.2) is 0 Å².